The zero-order chi connectivity index (χ0) is 25.2. The van der Waals surface area contributed by atoms with Crippen LogP contribution in [0.25, 0.3) is 0 Å². The number of para-hydroxylation sites is 2. The molecule has 0 spiro atoms. The number of halogens is 1. The van der Waals surface area contributed by atoms with Gasteiger partial charge in [0.25, 0.3) is 11.8 Å². The Morgan fingerprint density at radius 2 is 1.46 bits per heavy atom. The predicted molar refractivity (Wildman–Crippen MR) is 125 cm³/mol. The fourth-order valence-corrected chi connectivity index (χ4v) is 2.94. The van der Waals surface area contributed by atoms with E-state index in [0.717, 1.165) is 0 Å². The number of rotatable bonds is 10. The number of carbonyl (C=O) groups is 3. The number of benzene rings is 3. The monoisotopic (exact) mass is 482 g/mol. The van der Waals surface area contributed by atoms with Crippen LogP contribution in [0.2, 0.25) is 0 Å². The van der Waals surface area contributed by atoms with E-state index in [-0.39, 0.29) is 23.7 Å². The predicted octanol–water partition coefficient (Wildman–Crippen LogP) is 3.66. The lowest BCUT2D eigenvalue weighted by atomic mass is 10.2. The van der Waals surface area contributed by atoms with E-state index in [1.807, 2.05) is 0 Å². The minimum Gasteiger partial charge on any atom is -0.495 e. The number of ether oxygens (including phenoxy) is 4. The summed E-state index contributed by atoms with van der Waals surface area (Å²) in [4.78, 5) is 36.6. The second-order valence-corrected chi connectivity index (χ2v) is 7.03. The smallest absolute Gasteiger partial charge is 0.338 e. The average molecular weight is 482 g/mol. The van der Waals surface area contributed by atoms with Gasteiger partial charge in [0.05, 0.1) is 25.5 Å². The van der Waals surface area contributed by atoms with E-state index >= 15 is 0 Å². The standard InChI is InChI=1S/C25H23FN2O7/c1-32-20-6-4-3-5-19(20)28-24(30)15-35-25(31)16-7-12-21(22(13-16)33-2)34-14-23(29)27-18-10-8-17(26)9-11-18/h3-13H,14-15H2,1-2H3,(H,27,29)(H,28,30). The number of anilines is 2. The Bertz CT molecular complexity index is 1200. The highest BCUT2D eigenvalue weighted by molar-refractivity contribution is 5.96. The van der Waals surface area contributed by atoms with Crippen LogP contribution in [-0.2, 0) is 14.3 Å². The maximum absolute atomic E-state index is 13.0. The van der Waals surface area contributed by atoms with E-state index in [2.05, 4.69) is 10.6 Å². The second-order valence-electron chi connectivity index (χ2n) is 7.03. The minimum absolute atomic E-state index is 0.120. The molecule has 182 valence electrons. The second kappa shape index (κ2) is 12.0. The first-order valence-corrected chi connectivity index (χ1v) is 10.4. The Kier molecular flexibility index (Phi) is 8.60. The van der Waals surface area contributed by atoms with Crippen LogP contribution in [0.5, 0.6) is 17.2 Å². The van der Waals surface area contributed by atoms with Gasteiger partial charge in [-0.15, -0.1) is 0 Å². The third-order valence-corrected chi connectivity index (χ3v) is 4.60. The van der Waals surface area contributed by atoms with Crippen LogP contribution in [0.3, 0.4) is 0 Å². The summed E-state index contributed by atoms with van der Waals surface area (Å²) in [6.07, 6.45) is 0. The Labute approximate surface area is 200 Å². The molecule has 3 aromatic rings. The van der Waals surface area contributed by atoms with Crippen LogP contribution in [0.15, 0.2) is 66.7 Å². The van der Waals surface area contributed by atoms with Crippen LogP contribution in [0.1, 0.15) is 10.4 Å². The normalized spacial score (nSPS) is 10.1. The Morgan fingerprint density at radius 3 is 2.17 bits per heavy atom. The number of hydrogen-bond acceptors (Lipinski definition) is 7. The van der Waals surface area contributed by atoms with Crippen molar-refractivity contribution in [2.45, 2.75) is 0 Å². The van der Waals surface area contributed by atoms with Crippen LogP contribution in [0.4, 0.5) is 15.8 Å². The molecule has 3 aromatic carbocycles. The summed E-state index contributed by atoms with van der Waals surface area (Å²) in [6.45, 7) is -0.859. The average Bonchev–Trinajstić information content (AvgIpc) is 2.87. The van der Waals surface area contributed by atoms with Gasteiger partial charge in [-0.25, -0.2) is 9.18 Å². The zero-order valence-corrected chi connectivity index (χ0v) is 19.0. The molecule has 3 rings (SSSR count). The van der Waals surface area contributed by atoms with Crippen molar-refractivity contribution < 1.29 is 37.7 Å². The molecule has 10 heteroatoms. The maximum Gasteiger partial charge on any atom is 0.338 e. The molecule has 0 saturated heterocycles. The largest absolute Gasteiger partial charge is 0.495 e. The minimum atomic E-state index is -0.751. The van der Waals surface area contributed by atoms with Gasteiger partial charge >= 0.3 is 5.97 Å². The first kappa shape index (κ1) is 25.0. The molecule has 0 fully saturated rings. The molecule has 0 aromatic heterocycles. The maximum atomic E-state index is 13.0. The highest BCUT2D eigenvalue weighted by Crippen LogP contribution is 2.28. The fraction of sp³-hybridized carbons (Fsp3) is 0.160. The molecule has 2 N–H and O–H groups in total. The van der Waals surface area contributed by atoms with Gasteiger partial charge in [-0.3, -0.25) is 9.59 Å². The van der Waals surface area contributed by atoms with Gasteiger partial charge in [0.1, 0.15) is 11.6 Å². The molecule has 0 heterocycles. The van der Waals surface area contributed by atoms with Crippen molar-refractivity contribution in [3.63, 3.8) is 0 Å². The quantitative estimate of drug-likeness (QED) is 0.424. The number of carbonyl (C=O) groups excluding carboxylic acids is 3. The van der Waals surface area contributed by atoms with Gasteiger partial charge in [-0.1, -0.05) is 12.1 Å². The molecule has 0 aliphatic heterocycles. The third kappa shape index (κ3) is 7.19. The molecular formula is C25H23FN2O7. The van der Waals surface area contributed by atoms with Crippen molar-refractivity contribution in [2.75, 3.05) is 38.1 Å². The highest BCUT2D eigenvalue weighted by Gasteiger charge is 2.16. The SMILES string of the molecule is COc1ccccc1NC(=O)COC(=O)c1ccc(OCC(=O)Nc2ccc(F)cc2)c(OC)c1. The summed E-state index contributed by atoms with van der Waals surface area (Å²) in [5.74, 6) is -1.30. The zero-order valence-electron chi connectivity index (χ0n) is 19.0. The van der Waals surface area contributed by atoms with E-state index in [4.69, 9.17) is 18.9 Å². The van der Waals surface area contributed by atoms with Crippen molar-refractivity contribution in [3.05, 3.63) is 78.1 Å². The summed E-state index contributed by atoms with van der Waals surface area (Å²) < 4.78 is 33.9. The lowest BCUT2D eigenvalue weighted by Gasteiger charge is -2.13. The van der Waals surface area contributed by atoms with Gasteiger partial charge < -0.3 is 29.6 Å². The number of methoxy groups -OCH3 is 2. The van der Waals surface area contributed by atoms with Crippen LogP contribution in [0, 0.1) is 5.82 Å². The summed E-state index contributed by atoms with van der Waals surface area (Å²) in [5.41, 5.74) is 0.984. The summed E-state index contributed by atoms with van der Waals surface area (Å²) in [6, 6.07) is 16.3. The van der Waals surface area contributed by atoms with Gasteiger partial charge in [-0.2, -0.15) is 0 Å². The molecule has 0 radical (unpaired) electrons. The summed E-state index contributed by atoms with van der Waals surface area (Å²) in [7, 11) is 2.85. The van der Waals surface area contributed by atoms with Crippen molar-refractivity contribution in [1.29, 1.82) is 0 Å². The number of esters is 1. The molecule has 9 nitrogen and oxygen atoms in total. The highest BCUT2D eigenvalue weighted by atomic mass is 19.1. The molecule has 0 aliphatic rings. The number of hydrogen-bond donors (Lipinski definition) is 2. The first-order valence-electron chi connectivity index (χ1n) is 10.4. The summed E-state index contributed by atoms with van der Waals surface area (Å²) in [5, 5.41) is 5.17. The molecule has 0 aliphatic carbocycles. The molecule has 35 heavy (non-hydrogen) atoms. The Morgan fingerprint density at radius 1 is 0.771 bits per heavy atom. The van der Waals surface area contributed by atoms with Crippen molar-refractivity contribution in [2.24, 2.45) is 0 Å². The first-order chi connectivity index (χ1) is 16.9. The van der Waals surface area contributed by atoms with E-state index < -0.39 is 30.2 Å². The third-order valence-electron chi connectivity index (χ3n) is 4.60. The van der Waals surface area contributed by atoms with Gasteiger partial charge in [-0.05, 0) is 54.6 Å². The molecule has 0 bridgehead atoms. The molecule has 2 amide bonds. The van der Waals surface area contributed by atoms with Gasteiger partial charge in [0, 0.05) is 5.69 Å². The Balaban J connectivity index is 1.53. The van der Waals surface area contributed by atoms with Gasteiger partial charge in [0.15, 0.2) is 24.7 Å². The number of amides is 2. The van der Waals surface area contributed by atoms with Crippen LogP contribution < -0.4 is 24.8 Å². The molecular weight excluding hydrogens is 459 g/mol. The van der Waals surface area contributed by atoms with E-state index in [0.29, 0.717) is 17.1 Å². The van der Waals surface area contributed by atoms with Crippen LogP contribution >= 0.6 is 0 Å². The fourth-order valence-electron chi connectivity index (χ4n) is 2.94. The van der Waals surface area contributed by atoms with Crippen molar-refractivity contribution >= 4 is 29.2 Å². The van der Waals surface area contributed by atoms with Crippen molar-refractivity contribution in [1.82, 2.24) is 0 Å². The Hall–Kier alpha value is -4.60. The summed E-state index contributed by atoms with van der Waals surface area (Å²) >= 11 is 0. The molecule has 0 atom stereocenters. The lowest BCUT2D eigenvalue weighted by molar-refractivity contribution is -0.119. The lowest BCUT2D eigenvalue weighted by Crippen LogP contribution is -2.21. The molecule has 0 unspecified atom stereocenters. The van der Waals surface area contributed by atoms with E-state index in [9.17, 15) is 18.8 Å². The number of nitrogens with one attached hydrogen (secondary N) is 2. The topological polar surface area (TPSA) is 112 Å². The molecule has 0 saturated carbocycles. The van der Waals surface area contributed by atoms with E-state index in [1.165, 1.54) is 56.7 Å². The van der Waals surface area contributed by atoms with Crippen LogP contribution in [-0.4, -0.2) is 45.2 Å². The van der Waals surface area contributed by atoms with Gasteiger partial charge in [0.2, 0.25) is 0 Å². The van der Waals surface area contributed by atoms with E-state index in [1.54, 1.807) is 24.3 Å². The van der Waals surface area contributed by atoms with Crippen molar-refractivity contribution in [3.8, 4) is 17.2 Å².